The highest BCUT2D eigenvalue weighted by Gasteiger charge is 2.61. The number of alkyl halides is 3. The van der Waals surface area contributed by atoms with Crippen LogP contribution in [0.15, 0.2) is 11.6 Å². The van der Waals surface area contributed by atoms with Gasteiger partial charge >= 0.3 is 18.1 Å². The number of carboxylic acids is 1. The molecule has 0 aliphatic heterocycles. The van der Waals surface area contributed by atoms with Crippen molar-refractivity contribution in [3.63, 3.8) is 0 Å². The summed E-state index contributed by atoms with van der Waals surface area (Å²) >= 11 is 0. The summed E-state index contributed by atoms with van der Waals surface area (Å²) in [6, 6.07) is 0. The molecule has 1 N–H and O–H groups in total. The molecular weight excluding hydrogens is 265 g/mol. The largest absolute Gasteiger partial charge is 0.481 e. The molecular formula is C12H15F3O4. The third kappa shape index (κ3) is 3.71. The number of carbonyl (C=O) groups excluding carboxylic acids is 1. The molecule has 0 aromatic heterocycles. The number of allylic oxidation sites excluding steroid dienone is 1. The van der Waals surface area contributed by atoms with Crippen molar-refractivity contribution in [2.75, 3.05) is 6.61 Å². The predicted octanol–water partition coefficient (Wildman–Crippen LogP) is 2.40. The molecule has 1 rings (SSSR count). The fourth-order valence-electron chi connectivity index (χ4n) is 2.06. The molecule has 0 bridgehead atoms. The minimum atomic E-state index is -4.57. The Labute approximate surface area is 108 Å². The molecule has 0 aromatic rings. The van der Waals surface area contributed by atoms with Crippen LogP contribution in [0.5, 0.6) is 0 Å². The van der Waals surface area contributed by atoms with Crippen molar-refractivity contribution in [1.29, 1.82) is 0 Å². The van der Waals surface area contributed by atoms with E-state index in [-0.39, 0.29) is 11.5 Å². The van der Waals surface area contributed by atoms with Gasteiger partial charge in [0.1, 0.15) is 0 Å². The summed E-state index contributed by atoms with van der Waals surface area (Å²) < 4.78 is 39.7. The molecule has 1 aliphatic carbocycles. The topological polar surface area (TPSA) is 63.6 Å². The second-order valence-electron chi connectivity index (χ2n) is 5.20. The molecule has 0 radical (unpaired) electrons. The number of carbonyl (C=O) groups is 2. The van der Waals surface area contributed by atoms with Crippen molar-refractivity contribution < 1.29 is 32.6 Å². The molecule has 1 aliphatic rings. The normalized spacial score (nSPS) is 25.9. The molecule has 108 valence electrons. The lowest BCUT2D eigenvalue weighted by Gasteiger charge is -2.08. The SMILES string of the molecule is C/C(=C\[C@@H]1[C@@H](C(=O)O)C1(C)C)C(=O)OCC(F)(F)F. The van der Waals surface area contributed by atoms with Crippen molar-refractivity contribution in [3.8, 4) is 0 Å². The van der Waals surface area contributed by atoms with Crippen molar-refractivity contribution in [3.05, 3.63) is 11.6 Å². The maximum absolute atomic E-state index is 11.9. The summed E-state index contributed by atoms with van der Waals surface area (Å²) in [5.74, 6) is -3.06. The lowest BCUT2D eigenvalue weighted by atomic mass is 10.1. The van der Waals surface area contributed by atoms with E-state index in [1.807, 2.05) is 0 Å². The van der Waals surface area contributed by atoms with Gasteiger partial charge in [-0.2, -0.15) is 13.2 Å². The van der Waals surface area contributed by atoms with E-state index in [2.05, 4.69) is 4.74 Å². The summed E-state index contributed by atoms with van der Waals surface area (Å²) in [5.41, 5.74) is -0.511. The van der Waals surface area contributed by atoms with Crippen LogP contribution in [-0.2, 0) is 14.3 Å². The lowest BCUT2D eigenvalue weighted by Crippen LogP contribution is -2.20. The Morgan fingerprint density at radius 2 is 1.89 bits per heavy atom. The van der Waals surface area contributed by atoms with Crippen LogP contribution in [0.2, 0.25) is 0 Å². The quantitative estimate of drug-likeness (QED) is 0.634. The number of hydrogen-bond donors (Lipinski definition) is 1. The zero-order chi connectivity index (χ0) is 15.0. The van der Waals surface area contributed by atoms with Crippen molar-refractivity contribution >= 4 is 11.9 Å². The van der Waals surface area contributed by atoms with Crippen LogP contribution >= 0.6 is 0 Å². The molecule has 7 heteroatoms. The van der Waals surface area contributed by atoms with Crippen LogP contribution in [0, 0.1) is 17.3 Å². The molecule has 0 saturated heterocycles. The number of ether oxygens (including phenoxy) is 1. The molecule has 0 unspecified atom stereocenters. The first-order valence-electron chi connectivity index (χ1n) is 5.62. The summed E-state index contributed by atoms with van der Waals surface area (Å²) in [6.07, 6.45) is -3.20. The predicted molar refractivity (Wildman–Crippen MR) is 59.2 cm³/mol. The average Bonchev–Trinajstić information content (AvgIpc) is 2.75. The Bertz CT molecular complexity index is 423. The van der Waals surface area contributed by atoms with Crippen LogP contribution in [0.3, 0.4) is 0 Å². The van der Waals surface area contributed by atoms with E-state index < -0.39 is 36.1 Å². The van der Waals surface area contributed by atoms with Gasteiger partial charge in [0.25, 0.3) is 0 Å². The van der Waals surface area contributed by atoms with Crippen LogP contribution < -0.4 is 0 Å². The number of hydrogen-bond acceptors (Lipinski definition) is 3. The molecule has 19 heavy (non-hydrogen) atoms. The van der Waals surface area contributed by atoms with Crippen molar-refractivity contribution in [2.24, 2.45) is 17.3 Å². The van der Waals surface area contributed by atoms with E-state index >= 15 is 0 Å². The van der Waals surface area contributed by atoms with E-state index in [1.54, 1.807) is 13.8 Å². The van der Waals surface area contributed by atoms with Crippen LogP contribution in [0.25, 0.3) is 0 Å². The van der Waals surface area contributed by atoms with Gasteiger partial charge in [-0.3, -0.25) is 4.79 Å². The first-order valence-corrected chi connectivity index (χ1v) is 5.62. The third-order valence-corrected chi connectivity index (χ3v) is 3.30. The Morgan fingerprint density at radius 3 is 2.26 bits per heavy atom. The number of rotatable bonds is 4. The first kappa shape index (κ1) is 15.5. The maximum atomic E-state index is 11.9. The zero-order valence-corrected chi connectivity index (χ0v) is 10.7. The standard InChI is InChI=1S/C12H15F3O4/c1-6(10(18)19-5-12(13,14)15)4-7-8(9(16)17)11(7,2)3/h4,7-8H,5H2,1-3H3,(H,16,17)/b6-4+/t7-,8+/m1/s1. The van der Waals surface area contributed by atoms with Gasteiger partial charge in [0, 0.05) is 5.57 Å². The van der Waals surface area contributed by atoms with E-state index in [1.165, 1.54) is 13.0 Å². The zero-order valence-electron chi connectivity index (χ0n) is 10.7. The number of carboxylic acid groups (broad SMARTS) is 1. The average molecular weight is 280 g/mol. The highest BCUT2D eigenvalue weighted by molar-refractivity contribution is 5.88. The number of halogens is 3. The van der Waals surface area contributed by atoms with Gasteiger partial charge in [0.2, 0.25) is 0 Å². The second kappa shape index (κ2) is 4.86. The molecule has 0 spiro atoms. The van der Waals surface area contributed by atoms with Gasteiger partial charge in [-0.1, -0.05) is 19.9 Å². The smallest absolute Gasteiger partial charge is 0.422 e. The number of esters is 1. The summed E-state index contributed by atoms with van der Waals surface area (Å²) in [6.45, 7) is 3.11. The Hall–Kier alpha value is -1.53. The fourth-order valence-corrected chi connectivity index (χ4v) is 2.06. The van der Waals surface area contributed by atoms with Crippen molar-refractivity contribution in [1.82, 2.24) is 0 Å². The van der Waals surface area contributed by atoms with Gasteiger partial charge < -0.3 is 9.84 Å². The maximum Gasteiger partial charge on any atom is 0.422 e. The van der Waals surface area contributed by atoms with Crippen LogP contribution in [0.1, 0.15) is 20.8 Å². The van der Waals surface area contributed by atoms with Crippen molar-refractivity contribution in [2.45, 2.75) is 26.9 Å². The highest BCUT2D eigenvalue weighted by Crippen LogP contribution is 2.59. The summed E-state index contributed by atoms with van der Waals surface area (Å²) in [7, 11) is 0. The van der Waals surface area contributed by atoms with E-state index in [0.717, 1.165) is 0 Å². The molecule has 2 atom stereocenters. The molecule has 1 saturated carbocycles. The van der Waals surface area contributed by atoms with E-state index in [9.17, 15) is 22.8 Å². The molecule has 1 fully saturated rings. The summed E-state index contributed by atoms with van der Waals surface area (Å²) in [4.78, 5) is 22.2. The minimum absolute atomic E-state index is 0.00826. The van der Waals surface area contributed by atoms with Crippen LogP contribution in [-0.4, -0.2) is 29.8 Å². The Morgan fingerprint density at radius 1 is 1.37 bits per heavy atom. The second-order valence-corrected chi connectivity index (χ2v) is 5.20. The third-order valence-electron chi connectivity index (χ3n) is 3.30. The monoisotopic (exact) mass is 280 g/mol. The molecule has 0 aromatic carbocycles. The van der Waals surface area contributed by atoms with Gasteiger partial charge in [-0.25, -0.2) is 4.79 Å². The highest BCUT2D eigenvalue weighted by atomic mass is 19.4. The Balaban J connectivity index is 2.64. The molecule has 4 nitrogen and oxygen atoms in total. The van der Waals surface area contributed by atoms with Gasteiger partial charge in [0.05, 0.1) is 5.92 Å². The first-order chi connectivity index (χ1) is 8.47. The minimum Gasteiger partial charge on any atom is -0.481 e. The van der Waals surface area contributed by atoms with Gasteiger partial charge in [-0.15, -0.1) is 0 Å². The fraction of sp³-hybridized carbons (Fsp3) is 0.667. The Kier molecular flexibility index (Phi) is 3.97. The van der Waals surface area contributed by atoms with Crippen LogP contribution in [0.4, 0.5) is 13.2 Å². The van der Waals surface area contributed by atoms with E-state index in [4.69, 9.17) is 5.11 Å². The van der Waals surface area contributed by atoms with Gasteiger partial charge in [-0.05, 0) is 18.3 Å². The number of aliphatic carboxylic acids is 1. The summed E-state index contributed by atoms with van der Waals surface area (Å²) in [5, 5.41) is 8.93. The van der Waals surface area contributed by atoms with E-state index in [0.29, 0.717) is 0 Å². The molecule has 0 amide bonds. The lowest BCUT2D eigenvalue weighted by molar-refractivity contribution is -0.183. The van der Waals surface area contributed by atoms with Gasteiger partial charge in [0.15, 0.2) is 6.61 Å². The molecule has 0 heterocycles.